The number of carbonyl (C=O) groups excluding carboxylic acids is 2. The topological polar surface area (TPSA) is 208 Å². The lowest BCUT2D eigenvalue weighted by Gasteiger charge is -2.18. The van der Waals surface area contributed by atoms with Crippen LogP contribution in [-0.2, 0) is 28.7 Å². The number of hydrogen-bond donors (Lipinski definition) is 6. The maximum Gasteiger partial charge on any atom is 0.338 e. The Balaban J connectivity index is 4.25. The summed E-state index contributed by atoms with van der Waals surface area (Å²) >= 11 is 0. The average molecular weight is 354 g/mol. The minimum atomic E-state index is -2.37. The fourth-order valence-corrected chi connectivity index (χ4v) is 1.27. The van der Waals surface area contributed by atoms with Crippen LogP contribution in [0.5, 0.6) is 0 Å². The Morgan fingerprint density at radius 2 is 1.21 bits per heavy atom. The van der Waals surface area contributed by atoms with Crippen molar-refractivity contribution in [3.63, 3.8) is 0 Å². The smallest absolute Gasteiger partial charge is 0.338 e. The van der Waals surface area contributed by atoms with Crippen LogP contribution < -0.4 is 0 Å². The van der Waals surface area contributed by atoms with Crippen LogP contribution in [0, 0.1) is 0 Å². The molecule has 12 nitrogen and oxygen atoms in total. The lowest BCUT2D eigenvalue weighted by molar-refractivity contribution is -0.175. The molecule has 0 aromatic carbocycles. The van der Waals surface area contributed by atoms with Crippen LogP contribution in [0.1, 0.15) is 13.3 Å². The van der Waals surface area contributed by atoms with Crippen molar-refractivity contribution in [3.05, 3.63) is 0 Å². The number of hydrogen-bond acceptors (Lipinski definition) is 10. The quantitative estimate of drug-likeness (QED) is 0.211. The Morgan fingerprint density at radius 1 is 0.792 bits per heavy atom. The van der Waals surface area contributed by atoms with E-state index in [0.717, 1.165) is 0 Å². The van der Waals surface area contributed by atoms with Crippen molar-refractivity contribution in [3.8, 4) is 0 Å². The van der Waals surface area contributed by atoms with Gasteiger partial charge in [-0.2, -0.15) is 0 Å². The van der Waals surface area contributed by atoms with E-state index in [-0.39, 0.29) is 6.42 Å². The van der Waals surface area contributed by atoms with Gasteiger partial charge in [-0.1, -0.05) is 0 Å². The average Bonchev–Trinajstić information content (AvgIpc) is 2.51. The van der Waals surface area contributed by atoms with Gasteiger partial charge in [0, 0.05) is 6.42 Å². The molecule has 0 radical (unpaired) electrons. The predicted octanol–water partition coefficient (Wildman–Crippen LogP) is -3.54. The Bertz CT molecular complexity index is 475. The molecule has 0 aromatic rings. The SMILES string of the molecule is CC(CCOC(=O)C(O)C(O)C(=O)O)OC(=O)C(O)C(O)C(=O)O. The molecule has 0 aliphatic rings. The largest absolute Gasteiger partial charge is 0.479 e. The molecule has 0 saturated carbocycles. The summed E-state index contributed by atoms with van der Waals surface area (Å²) in [6, 6.07) is 0. The maximum atomic E-state index is 11.3. The first-order chi connectivity index (χ1) is 11.0. The minimum absolute atomic E-state index is 0.150. The standard InChI is InChI=1S/C12H18O12/c1-4(24-12(22)8(16)6(14)10(19)20)2-3-23-11(21)7(15)5(13)9(17)18/h4-8,13-16H,2-3H2,1H3,(H,17,18)(H,19,20). The van der Waals surface area contributed by atoms with Crippen molar-refractivity contribution in [2.45, 2.75) is 43.9 Å². The molecular formula is C12H18O12. The van der Waals surface area contributed by atoms with Gasteiger partial charge in [-0.05, 0) is 6.92 Å². The van der Waals surface area contributed by atoms with Gasteiger partial charge in [0.1, 0.15) is 6.10 Å². The predicted molar refractivity (Wildman–Crippen MR) is 70.4 cm³/mol. The van der Waals surface area contributed by atoms with Crippen LogP contribution in [0.15, 0.2) is 0 Å². The summed E-state index contributed by atoms with van der Waals surface area (Å²) in [5, 5.41) is 53.0. The van der Waals surface area contributed by atoms with Crippen LogP contribution in [-0.4, -0.2) is 91.6 Å². The maximum absolute atomic E-state index is 11.3. The van der Waals surface area contributed by atoms with E-state index in [0.29, 0.717) is 0 Å². The number of aliphatic carboxylic acids is 2. The zero-order valence-corrected chi connectivity index (χ0v) is 12.4. The van der Waals surface area contributed by atoms with Crippen LogP contribution in [0.25, 0.3) is 0 Å². The fraction of sp³-hybridized carbons (Fsp3) is 0.667. The van der Waals surface area contributed by atoms with Gasteiger partial charge in [-0.3, -0.25) is 0 Å². The van der Waals surface area contributed by atoms with Crippen LogP contribution in [0.2, 0.25) is 0 Å². The highest BCUT2D eigenvalue weighted by Crippen LogP contribution is 2.05. The summed E-state index contributed by atoms with van der Waals surface area (Å²) in [6.45, 7) is 0.863. The highest BCUT2D eigenvalue weighted by Gasteiger charge is 2.33. The van der Waals surface area contributed by atoms with Gasteiger partial charge >= 0.3 is 23.9 Å². The van der Waals surface area contributed by atoms with E-state index in [1.165, 1.54) is 6.92 Å². The third-order valence-corrected chi connectivity index (χ3v) is 2.67. The molecular weight excluding hydrogens is 336 g/mol. The first kappa shape index (κ1) is 21.7. The molecule has 0 bridgehead atoms. The second-order valence-electron chi connectivity index (χ2n) is 4.66. The van der Waals surface area contributed by atoms with E-state index in [1.807, 2.05) is 0 Å². The van der Waals surface area contributed by atoms with Crippen molar-refractivity contribution < 1.29 is 59.3 Å². The number of esters is 2. The Hall–Kier alpha value is -2.28. The zero-order chi connectivity index (χ0) is 19.0. The van der Waals surface area contributed by atoms with Crippen LogP contribution in [0.3, 0.4) is 0 Å². The molecule has 0 spiro atoms. The highest BCUT2D eigenvalue weighted by molar-refractivity contribution is 5.84. The van der Waals surface area contributed by atoms with Crippen molar-refractivity contribution >= 4 is 23.9 Å². The number of rotatable bonds is 10. The molecule has 5 atom stereocenters. The molecule has 0 rings (SSSR count). The van der Waals surface area contributed by atoms with E-state index >= 15 is 0 Å². The van der Waals surface area contributed by atoms with Crippen molar-refractivity contribution in [2.75, 3.05) is 6.61 Å². The van der Waals surface area contributed by atoms with Gasteiger partial charge in [-0.15, -0.1) is 0 Å². The summed E-state index contributed by atoms with van der Waals surface area (Å²) in [4.78, 5) is 43.3. The number of aliphatic hydroxyl groups is 4. The Kier molecular flexibility index (Phi) is 8.84. The zero-order valence-electron chi connectivity index (χ0n) is 12.4. The summed E-state index contributed by atoms with van der Waals surface area (Å²) in [7, 11) is 0. The van der Waals surface area contributed by atoms with Gasteiger partial charge in [0.05, 0.1) is 6.61 Å². The molecule has 138 valence electrons. The summed E-state index contributed by atoms with van der Waals surface area (Å²) in [5.41, 5.74) is 0. The minimum Gasteiger partial charge on any atom is -0.479 e. The number of carboxylic acids is 2. The molecule has 24 heavy (non-hydrogen) atoms. The fourth-order valence-electron chi connectivity index (χ4n) is 1.27. The summed E-state index contributed by atoms with van der Waals surface area (Å²) < 4.78 is 9.07. The number of carboxylic acid groups (broad SMARTS) is 2. The van der Waals surface area contributed by atoms with Crippen molar-refractivity contribution in [1.82, 2.24) is 0 Å². The third-order valence-electron chi connectivity index (χ3n) is 2.67. The monoisotopic (exact) mass is 354 g/mol. The van der Waals surface area contributed by atoms with Gasteiger partial charge in [-0.25, -0.2) is 19.2 Å². The normalized spacial score (nSPS) is 17.0. The molecule has 0 fully saturated rings. The number of aliphatic hydroxyl groups excluding tert-OH is 4. The van der Waals surface area contributed by atoms with Crippen LogP contribution >= 0.6 is 0 Å². The van der Waals surface area contributed by atoms with E-state index in [9.17, 15) is 24.3 Å². The second kappa shape index (κ2) is 9.77. The first-order valence-electron chi connectivity index (χ1n) is 6.54. The molecule has 5 unspecified atom stereocenters. The van der Waals surface area contributed by atoms with Crippen molar-refractivity contribution in [2.24, 2.45) is 0 Å². The molecule has 6 N–H and O–H groups in total. The molecule has 12 heteroatoms. The summed E-state index contributed by atoms with van der Waals surface area (Å²) in [5.74, 6) is -6.48. The highest BCUT2D eigenvalue weighted by atomic mass is 16.6. The van der Waals surface area contributed by atoms with Gasteiger partial charge < -0.3 is 40.1 Å². The number of carbonyl (C=O) groups is 4. The first-order valence-corrected chi connectivity index (χ1v) is 6.54. The number of ether oxygens (including phenoxy) is 2. The lowest BCUT2D eigenvalue weighted by Crippen LogP contribution is -2.42. The molecule has 0 saturated heterocycles. The third kappa shape index (κ3) is 6.87. The van der Waals surface area contributed by atoms with Gasteiger partial charge in [0.2, 0.25) is 0 Å². The van der Waals surface area contributed by atoms with Gasteiger partial charge in [0.15, 0.2) is 24.4 Å². The van der Waals surface area contributed by atoms with E-state index in [2.05, 4.69) is 9.47 Å². The molecule has 0 aliphatic heterocycles. The Morgan fingerprint density at radius 3 is 1.62 bits per heavy atom. The van der Waals surface area contributed by atoms with E-state index in [1.54, 1.807) is 0 Å². The van der Waals surface area contributed by atoms with Crippen molar-refractivity contribution in [1.29, 1.82) is 0 Å². The molecule has 0 aliphatic carbocycles. The summed E-state index contributed by atoms with van der Waals surface area (Å²) in [6.07, 6.45) is -10.4. The van der Waals surface area contributed by atoms with E-state index in [4.69, 9.17) is 25.5 Å². The molecule has 0 heterocycles. The van der Waals surface area contributed by atoms with Crippen LogP contribution in [0.4, 0.5) is 0 Å². The Labute approximate surface area is 134 Å². The van der Waals surface area contributed by atoms with E-state index < -0.39 is 61.0 Å². The van der Waals surface area contributed by atoms with Gasteiger partial charge in [0.25, 0.3) is 0 Å². The lowest BCUT2D eigenvalue weighted by atomic mass is 10.2. The molecule has 0 amide bonds. The molecule has 0 aromatic heterocycles. The second-order valence-corrected chi connectivity index (χ2v) is 4.66.